The number of nitrogens with zero attached hydrogens (tertiary/aromatic N) is 1. The van der Waals surface area contributed by atoms with Gasteiger partial charge in [0, 0.05) is 25.9 Å². The van der Waals surface area contributed by atoms with E-state index in [4.69, 9.17) is 4.74 Å². The van der Waals surface area contributed by atoms with Crippen molar-refractivity contribution in [2.45, 2.75) is 25.9 Å². The predicted octanol–water partition coefficient (Wildman–Crippen LogP) is 1.80. The molecule has 1 unspecified atom stereocenters. The van der Waals surface area contributed by atoms with Crippen molar-refractivity contribution in [1.29, 1.82) is 0 Å². The van der Waals surface area contributed by atoms with Crippen LogP contribution in [0.5, 0.6) is 5.75 Å². The number of ether oxygens (including phenoxy) is 1. The van der Waals surface area contributed by atoms with Crippen LogP contribution < -0.4 is 15.4 Å². The van der Waals surface area contributed by atoms with Gasteiger partial charge in [-0.05, 0) is 31.0 Å². The Kier molecular flexibility index (Phi) is 10.2. The second-order valence-electron chi connectivity index (χ2n) is 5.24. The number of hydrogen-bond donors (Lipinski definition) is 2. The third-order valence-electron chi connectivity index (χ3n) is 3.12. The van der Waals surface area contributed by atoms with Gasteiger partial charge in [-0.1, -0.05) is 12.1 Å². The molecule has 0 aliphatic carbocycles. The third kappa shape index (κ3) is 9.65. The van der Waals surface area contributed by atoms with Crippen molar-refractivity contribution >= 4 is 39.8 Å². The fraction of sp³-hybridized carbons (Fsp3) is 0.533. The van der Waals surface area contributed by atoms with Gasteiger partial charge in [0.15, 0.2) is 5.96 Å². The number of guanidine groups is 1. The molecular weight excluding hydrogens is 429 g/mol. The fourth-order valence-corrected chi connectivity index (χ4v) is 2.64. The van der Waals surface area contributed by atoms with Crippen molar-refractivity contribution in [3.63, 3.8) is 0 Å². The van der Waals surface area contributed by atoms with E-state index in [9.17, 15) is 8.42 Å². The van der Waals surface area contributed by atoms with Crippen molar-refractivity contribution in [3.05, 3.63) is 29.8 Å². The van der Waals surface area contributed by atoms with Crippen LogP contribution in [0.25, 0.3) is 0 Å². The van der Waals surface area contributed by atoms with Gasteiger partial charge in [0.25, 0.3) is 0 Å². The summed E-state index contributed by atoms with van der Waals surface area (Å²) in [6.07, 6.45) is 1.79. The molecule has 132 valence electrons. The van der Waals surface area contributed by atoms with E-state index in [1.165, 1.54) is 6.26 Å². The predicted molar refractivity (Wildman–Crippen MR) is 106 cm³/mol. The van der Waals surface area contributed by atoms with Crippen molar-refractivity contribution in [3.8, 4) is 5.75 Å². The molecule has 1 aromatic carbocycles. The normalized spacial score (nSPS) is 13.0. The van der Waals surface area contributed by atoms with Gasteiger partial charge in [-0.2, -0.15) is 0 Å². The number of benzene rings is 1. The highest BCUT2D eigenvalue weighted by Gasteiger charge is 2.09. The highest BCUT2D eigenvalue weighted by atomic mass is 127. The first-order chi connectivity index (χ1) is 10.3. The average molecular weight is 455 g/mol. The molecule has 0 radical (unpaired) electrons. The second kappa shape index (κ2) is 10.7. The van der Waals surface area contributed by atoms with Crippen molar-refractivity contribution in [2.75, 3.05) is 26.2 Å². The van der Waals surface area contributed by atoms with Crippen LogP contribution in [0, 0.1) is 0 Å². The van der Waals surface area contributed by atoms with E-state index in [0.29, 0.717) is 18.9 Å². The maximum atomic E-state index is 11.2. The van der Waals surface area contributed by atoms with Crippen LogP contribution in [0.15, 0.2) is 29.3 Å². The summed E-state index contributed by atoms with van der Waals surface area (Å²) in [5, 5.41) is 6.38. The number of hydrogen-bond acceptors (Lipinski definition) is 4. The second-order valence-corrected chi connectivity index (χ2v) is 7.50. The minimum atomic E-state index is -2.94. The van der Waals surface area contributed by atoms with Gasteiger partial charge in [0.2, 0.25) is 0 Å². The molecule has 0 aliphatic rings. The van der Waals surface area contributed by atoms with Gasteiger partial charge >= 0.3 is 0 Å². The molecule has 0 heterocycles. The van der Waals surface area contributed by atoms with Gasteiger partial charge in [-0.3, -0.25) is 4.99 Å². The molecule has 2 N–H and O–H groups in total. The van der Waals surface area contributed by atoms with E-state index in [1.54, 1.807) is 14.2 Å². The van der Waals surface area contributed by atoms with Crippen LogP contribution in [0.4, 0.5) is 0 Å². The topological polar surface area (TPSA) is 79.8 Å². The summed E-state index contributed by atoms with van der Waals surface area (Å²) in [5.74, 6) is 1.61. The molecule has 1 atom stereocenters. The Balaban J connectivity index is 0.00000484. The minimum absolute atomic E-state index is 0. The van der Waals surface area contributed by atoms with E-state index in [0.717, 1.165) is 11.3 Å². The van der Waals surface area contributed by atoms with Gasteiger partial charge < -0.3 is 15.4 Å². The number of sulfone groups is 1. The van der Waals surface area contributed by atoms with Crippen molar-refractivity contribution in [2.24, 2.45) is 4.99 Å². The molecule has 0 amide bonds. The standard InChI is InChI=1S/C15H25N3O3S.HI/c1-12(8-9-22(4,19)20)18-15(16-2)17-11-13-6-5-7-14(10-13)21-3;/h5-7,10,12H,8-9,11H2,1-4H3,(H2,16,17,18);1H. The highest BCUT2D eigenvalue weighted by Crippen LogP contribution is 2.12. The molecule has 0 spiro atoms. The Morgan fingerprint density at radius 2 is 2.09 bits per heavy atom. The van der Waals surface area contributed by atoms with Gasteiger partial charge in [-0.15, -0.1) is 24.0 Å². The molecular formula is C15H26IN3O3S. The zero-order valence-electron chi connectivity index (χ0n) is 14.0. The lowest BCUT2D eigenvalue weighted by atomic mass is 10.2. The van der Waals surface area contributed by atoms with Gasteiger partial charge in [0.05, 0.1) is 12.9 Å². The molecule has 0 saturated carbocycles. The van der Waals surface area contributed by atoms with Crippen LogP contribution in [0.1, 0.15) is 18.9 Å². The lowest BCUT2D eigenvalue weighted by Crippen LogP contribution is -2.42. The summed E-state index contributed by atoms with van der Waals surface area (Å²) in [6.45, 7) is 2.54. The van der Waals surface area contributed by atoms with Gasteiger partial charge in [-0.25, -0.2) is 8.42 Å². The Hall–Kier alpha value is -1.03. The van der Waals surface area contributed by atoms with E-state index < -0.39 is 9.84 Å². The Labute approximate surface area is 156 Å². The zero-order valence-corrected chi connectivity index (χ0v) is 17.1. The van der Waals surface area contributed by atoms with Crippen LogP contribution in [-0.2, 0) is 16.4 Å². The summed E-state index contributed by atoms with van der Waals surface area (Å²) in [5.41, 5.74) is 1.08. The molecule has 1 aromatic rings. The third-order valence-corrected chi connectivity index (χ3v) is 4.10. The molecule has 0 fully saturated rings. The number of aliphatic imine (C=N–C) groups is 1. The molecule has 1 rings (SSSR count). The molecule has 6 nitrogen and oxygen atoms in total. The maximum Gasteiger partial charge on any atom is 0.191 e. The zero-order chi connectivity index (χ0) is 16.6. The van der Waals surface area contributed by atoms with Crippen LogP contribution in [0.2, 0.25) is 0 Å². The SMILES string of the molecule is CN=C(NCc1cccc(OC)c1)NC(C)CCS(C)(=O)=O.I. The summed E-state index contributed by atoms with van der Waals surface area (Å²) in [7, 11) is 0.381. The van der Waals surface area contributed by atoms with Crippen molar-refractivity contribution in [1.82, 2.24) is 10.6 Å². The molecule has 0 aliphatic heterocycles. The molecule has 8 heteroatoms. The van der Waals surface area contributed by atoms with Crippen LogP contribution in [-0.4, -0.2) is 46.6 Å². The first kappa shape index (κ1) is 22.0. The fourth-order valence-electron chi connectivity index (χ4n) is 1.86. The summed E-state index contributed by atoms with van der Waals surface area (Å²) >= 11 is 0. The van der Waals surface area contributed by atoms with Crippen LogP contribution in [0.3, 0.4) is 0 Å². The van der Waals surface area contributed by atoms with E-state index in [1.807, 2.05) is 31.2 Å². The molecule has 0 saturated heterocycles. The monoisotopic (exact) mass is 455 g/mol. The molecule has 23 heavy (non-hydrogen) atoms. The number of halogens is 1. The lowest BCUT2D eigenvalue weighted by molar-refractivity contribution is 0.414. The molecule has 0 bridgehead atoms. The smallest absolute Gasteiger partial charge is 0.191 e. The van der Waals surface area contributed by atoms with E-state index in [2.05, 4.69) is 15.6 Å². The van der Waals surface area contributed by atoms with E-state index in [-0.39, 0.29) is 35.8 Å². The Morgan fingerprint density at radius 3 is 2.65 bits per heavy atom. The first-order valence-corrected chi connectivity index (χ1v) is 9.18. The highest BCUT2D eigenvalue weighted by molar-refractivity contribution is 14.0. The van der Waals surface area contributed by atoms with Crippen LogP contribution >= 0.6 is 24.0 Å². The summed E-state index contributed by atoms with van der Waals surface area (Å²) < 4.78 is 27.5. The van der Waals surface area contributed by atoms with Crippen molar-refractivity contribution < 1.29 is 13.2 Å². The minimum Gasteiger partial charge on any atom is -0.497 e. The lowest BCUT2D eigenvalue weighted by Gasteiger charge is -2.17. The Bertz CT molecular complexity index is 606. The van der Waals surface area contributed by atoms with Gasteiger partial charge in [0.1, 0.15) is 15.6 Å². The summed E-state index contributed by atoms with van der Waals surface area (Å²) in [6, 6.07) is 7.79. The summed E-state index contributed by atoms with van der Waals surface area (Å²) in [4.78, 5) is 4.14. The maximum absolute atomic E-state index is 11.2. The van der Waals surface area contributed by atoms with E-state index >= 15 is 0 Å². The molecule has 0 aromatic heterocycles. The Morgan fingerprint density at radius 1 is 1.39 bits per heavy atom. The largest absolute Gasteiger partial charge is 0.497 e. The quantitative estimate of drug-likeness (QED) is 0.373. The number of nitrogens with one attached hydrogen (secondary N) is 2. The first-order valence-electron chi connectivity index (χ1n) is 7.12. The average Bonchev–Trinajstić information content (AvgIpc) is 2.48. The number of methoxy groups -OCH3 is 1. The number of rotatable bonds is 7.